The van der Waals surface area contributed by atoms with Gasteiger partial charge in [-0.05, 0) is 37.6 Å². The maximum Gasteiger partial charge on any atom is 0.252 e. The van der Waals surface area contributed by atoms with Crippen LogP contribution in [-0.2, 0) is 9.59 Å². The van der Waals surface area contributed by atoms with E-state index < -0.39 is 5.54 Å². The number of amides is 2. The molecule has 0 radical (unpaired) electrons. The Labute approximate surface area is 105 Å². The van der Waals surface area contributed by atoms with E-state index in [1.54, 1.807) is 6.92 Å². The minimum Gasteiger partial charge on any atom is -0.340 e. The molecule has 5 heteroatoms. The van der Waals surface area contributed by atoms with Crippen molar-refractivity contribution in [1.82, 2.24) is 5.32 Å². The molecule has 18 heavy (non-hydrogen) atoms. The van der Waals surface area contributed by atoms with Crippen LogP contribution in [0.1, 0.15) is 20.3 Å². The monoisotopic (exact) mass is 250 g/mol. The van der Waals surface area contributed by atoms with E-state index in [-0.39, 0.29) is 24.2 Å². The molecule has 4 nitrogen and oxygen atoms in total. The molecule has 2 rings (SSSR count). The predicted molar refractivity (Wildman–Crippen MR) is 65.6 cm³/mol. The summed E-state index contributed by atoms with van der Waals surface area (Å²) in [5.74, 6) is -0.745. The van der Waals surface area contributed by atoms with Crippen molar-refractivity contribution in [1.29, 1.82) is 0 Å². The van der Waals surface area contributed by atoms with E-state index in [1.165, 1.54) is 29.2 Å². The van der Waals surface area contributed by atoms with Gasteiger partial charge in [-0.1, -0.05) is 6.92 Å². The molecule has 0 bridgehead atoms. The highest BCUT2D eigenvalue weighted by Gasteiger charge is 2.41. The predicted octanol–water partition coefficient (Wildman–Crippen LogP) is 1.46. The van der Waals surface area contributed by atoms with E-state index in [2.05, 4.69) is 5.32 Å². The normalized spacial score (nSPS) is 24.1. The number of halogens is 1. The van der Waals surface area contributed by atoms with Gasteiger partial charge in [0.25, 0.3) is 5.91 Å². The largest absolute Gasteiger partial charge is 0.340 e. The Hall–Kier alpha value is -1.91. The molecule has 1 unspecified atom stereocenters. The molecule has 0 aromatic heterocycles. The van der Waals surface area contributed by atoms with Gasteiger partial charge < -0.3 is 10.2 Å². The quantitative estimate of drug-likeness (QED) is 0.863. The fourth-order valence-electron chi connectivity index (χ4n) is 1.98. The Balaban J connectivity index is 2.35. The van der Waals surface area contributed by atoms with Gasteiger partial charge in [-0.25, -0.2) is 4.39 Å². The number of carbonyl (C=O) groups is 2. The summed E-state index contributed by atoms with van der Waals surface area (Å²) in [4.78, 5) is 25.4. The highest BCUT2D eigenvalue weighted by atomic mass is 19.1. The van der Waals surface area contributed by atoms with Crippen molar-refractivity contribution in [2.24, 2.45) is 0 Å². The van der Waals surface area contributed by atoms with E-state index in [9.17, 15) is 14.0 Å². The first kappa shape index (κ1) is 12.5. The third-order valence-corrected chi connectivity index (χ3v) is 3.28. The van der Waals surface area contributed by atoms with E-state index in [0.717, 1.165) is 0 Å². The minimum absolute atomic E-state index is 0.0277. The van der Waals surface area contributed by atoms with Gasteiger partial charge >= 0.3 is 0 Å². The van der Waals surface area contributed by atoms with E-state index in [1.807, 2.05) is 6.92 Å². The van der Waals surface area contributed by atoms with E-state index >= 15 is 0 Å². The van der Waals surface area contributed by atoms with Gasteiger partial charge in [0.15, 0.2) is 0 Å². The number of piperazine rings is 1. The summed E-state index contributed by atoms with van der Waals surface area (Å²) < 4.78 is 12.9. The molecule has 96 valence electrons. The summed E-state index contributed by atoms with van der Waals surface area (Å²) >= 11 is 0. The van der Waals surface area contributed by atoms with Crippen LogP contribution in [0.15, 0.2) is 24.3 Å². The smallest absolute Gasteiger partial charge is 0.252 e. The van der Waals surface area contributed by atoms with Crippen molar-refractivity contribution in [3.63, 3.8) is 0 Å². The highest BCUT2D eigenvalue weighted by Crippen LogP contribution is 2.23. The molecule has 0 aliphatic carbocycles. The fourth-order valence-corrected chi connectivity index (χ4v) is 1.98. The molecule has 1 aromatic carbocycles. The SMILES string of the molecule is CCC1(C)NC(=O)CN(c2ccc(F)cc2)C1=O. The maximum absolute atomic E-state index is 12.9. The third kappa shape index (κ3) is 2.08. The molecule has 0 spiro atoms. The molecular formula is C13H15FN2O2. The van der Waals surface area contributed by atoms with Crippen molar-refractivity contribution >= 4 is 17.5 Å². The van der Waals surface area contributed by atoms with Gasteiger partial charge in [0.2, 0.25) is 5.91 Å². The van der Waals surface area contributed by atoms with Gasteiger partial charge in [0.1, 0.15) is 17.9 Å². The van der Waals surface area contributed by atoms with Gasteiger partial charge in [-0.15, -0.1) is 0 Å². The van der Waals surface area contributed by atoms with Gasteiger partial charge in [0, 0.05) is 5.69 Å². The molecule has 1 atom stereocenters. The number of carbonyl (C=O) groups excluding carboxylic acids is 2. The molecule has 1 N–H and O–H groups in total. The Morgan fingerprint density at radius 2 is 1.94 bits per heavy atom. The van der Waals surface area contributed by atoms with Crippen LogP contribution in [0.5, 0.6) is 0 Å². The zero-order valence-electron chi connectivity index (χ0n) is 10.4. The van der Waals surface area contributed by atoms with Crippen LogP contribution in [0.3, 0.4) is 0 Å². The maximum atomic E-state index is 12.9. The zero-order valence-corrected chi connectivity index (χ0v) is 10.4. The topological polar surface area (TPSA) is 49.4 Å². The van der Waals surface area contributed by atoms with Crippen molar-refractivity contribution < 1.29 is 14.0 Å². The Bertz CT molecular complexity index is 486. The fraction of sp³-hybridized carbons (Fsp3) is 0.385. The summed E-state index contributed by atoms with van der Waals surface area (Å²) in [7, 11) is 0. The average molecular weight is 250 g/mol. The molecule has 1 aliphatic rings. The molecule has 1 aromatic rings. The number of hydrogen-bond donors (Lipinski definition) is 1. The lowest BCUT2D eigenvalue weighted by atomic mass is 9.94. The van der Waals surface area contributed by atoms with Crippen LogP contribution in [0, 0.1) is 5.82 Å². The van der Waals surface area contributed by atoms with Crippen molar-refractivity contribution in [3.8, 4) is 0 Å². The van der Waals surface area contributed by atoms with Gasteiger partial charge in [-0.3, -0.25) is 9.59 Å². The number of anilines is 1. The first-order valence-corrected chi connectivity index (χ1v) is 5.85. The second-order valence-corrected chi connectivity index (χ2v) is 4.60. The zero-order chi connectivity index (χ0) is 13.3. The Kier molecular flexibility index (Phi) is 3.07. The highest BCUT2D eigenvalue weighted by molar-refractivity contribution is 6.08. The third-order valence-electron chi connectivity index (χ3n) is 3.28. The van der Waals surface area contributed by atoms with Crippen LogP contribution in [-0.4, -0.2) is 23.9 Å². The van der Waals surface area contributed by atoms with E-state index in [0.29, 0.717) is 12.1 Å². The van der Waals surface area contributed by atoms with Crippen LogP contribution in [0.2, 0.25) is 0 Å². The average Bonchev–Trinajstić information content (AvgIpc) is 2.35. The summed E-state index contributed by atoms with van der Waals surface area (Å²) in [6, 6.07) is 5.56. The van der Waals surface area contributed by atoms with Crippen molar-refractivity contribution in [3.05, 3.63) is 30.1 Å². The van der Waals surface area contributed by atoms with Crippen LogP contribution < -0.4 is 10.2 Å². The van der Waals surface area contributed by atoms with Crippen molar-refractivity contribution in [2.75, 3.05) is 11.4 Å². The minimum atomic E-state index is -0.885. The van der Waals surface area contributed by atoms with Gasteiger partial charge in [-0.2, -0.15) is 0 Å². The lowest BCUT2D eigenvalue weighted by Crippen LogP contribution is -2.65. The second kappa shape index (κ2) is 4.40. The number of hydrogen-bond acceptors (Lipinski definition) is 2. The molecular weight excluding hydrogens is 235 g/mol. The standard InChI is InChI=1S/C13H15FN2O2/c1-3-13(2)12(18)16(8-11(17)15-13)10-6-4-9(14)5-7-10/h4-7H,3,8H2,1-2H3,(H,15,17). The van der Waals surface area contributed by atoms with Gasteiger partial charge in [0.05, 0.1) is 0 Å². The van der Waals surface area contributed by atoms with Crippen LogP contribution in [0.4, 0.5) is 10.1 Å². The number of nitrogens with one attached hydrogen (secondary N) is 1. The summed E-state index contributed by atoms with van der Waals surface area (Å²) in [6.07, 6.45) is 0.509. The van der Waals surface area contributed by atoms with Crippen LogP contribution >= 0.6 is 0 Å². The molecule has 2 amide bonds. The van der Waals surface area contributed by atoms with Crippen molar-refractivity contribution in [2.45, 2.75) is 25.8 Å². The second-order valence-electron chi connectivity index (χ2n) is 4.60. The Morgan fingerprint density at radius 3 is 2.50 bits per heavy atom. The molecule has 1 heterocycles. The van der Waals surface area contributed by atoms with E-state index in [4.69, 9.17) is 0 Å². The lowest BCUT2D eigenvalue weighted by Gasteiger charge is -2.39. The molecule has 1 fully saturated rings. The van der Waals surface area contributed by atoms with Crippen LogP contribution in [0.25, 0.3) is 0 Å². The summed E-state index contributed by atoms with van der Waals surface area (Å²) in [6.45, 7) is 3.51. The number of nitrogens with zero attached hydrogens (tertiary/aromatic N) is 1. The first-order valence-electron chi connectivity index (χ1n) is 5.85. The molecule has 1 saturated heterocycles. The summed E-state index contributed by atoms with van der Waals surface area (Å²) in [5, 5.41) is 2.70. The Morgan fingerprint density at radius 1 is 1.33 bits per heavy atom. The number of benzene rings is 1. The first-order chi connectivity index (χ1) is 8.46. The number of rotatable bonds is 2. The molecule has 1 aliphatic heterocycles. The lowest BCUT2D eigenvalue weighted by molar-refractivity contribution is -0.135. The summed E-state index contributed by atoms with van der Waals surface area (Å²) in [5.41, 5.74) is -0.347. The molecule has 0 saturated carbocycles.